The molecule has 17 heavy (non-hydrogen) atoms. The van der Waals surface area contributed by atoms with Crippen molar-refractivity contribution < 1.29 is 4.74 Å². The van der Waals surface area contributed by atoms with E-state index in [-0.39, 0.29) is 0 Å². The Hall–Kier alpha value is -0.870. The summed E-state index contributed by atoms with van der Waals surface area (Å²) in [5.41, 5.74) is 2.31. The maximum absolute atomic E-state index is 5.43. The van der Waals surface area contributed by atoms with Gasteiger partial charge in [-0.1, -0.05) is 15.9 Å². The molecule has 1 aliphatic heterocycles. The van der Waals surface area contributed by atoms with Crippen LogP contribution in [0.25, 0.3) is 11.0 Å². The number of halogens is 1. The lowest BCUT2D eigenvalue weighted by atomic mass is 10.1. The smallest absolute Gasteiger partial charge is 0.106 e. The zero-order valence-corrected chi connectivity index (χ0v) is 11.4. The lowest BCUT2D eigenvalue weighted by Crippen LogP contribution is -2.20. The first-order valence-electron chi connectivity index (χ1n) is 5.97. The molecule has 3 nitrogen and oxygen atoms in total. The van der Waals surface area contributed by atoms with Crippen molar-refractivity contribution >= 4 is 27.0 Å². The predicted molar refractivity (Wildman–Crippen MR) is 71.3 cm³/mol. The number of benzene rings is 1. The van der Waals surface area contributed by atoms with Gasteiger partial charge in [-0.15, -0.1) is 0 Å². The Morgan fingerprint density at radius 3 is 2.88 bits per heavy atom. The van der Waals surface area contributed by atoms with E-state index in [4.69, 9.17) is 4.74 Å². The molecular formula is C13H15BrN2O. The molecule has 90 valence electrons. The number of ether oxygens (including phenoxy) is 1. The number of hydrogen-bond donors (Lipinski definition) is 0. The van der Waals surface area contributed by atoms with Gasteiger partial charge in [-0.3, -0.25) is 0 Å². The Morgan fingerprint density at radius 1 is 1.35 bits per heavy atom. The number of rotatable bonds is 1. The quantitative estimate of drug-likeness (QED) is 0.805. The highest BCUT2D eigenvalue weighted by atomic mass is 79.9. The molecule has 0 N–H and O–H groups in total. The molecule has 1 fully saturated rings. The summed E-state index contributed by atoms with van der Waals surface area (Å²) < 4.78 is 8.90. The van der Waals surface area contributed by atoms with E-state index in [1.165, 1.54) is 5.52 Å². The van der Waals surface area contributed by atoms with Gasteiger partial charge in [0, 0.05) is 23.7 Å². The summed E-state index contributed by atoms with van der Waals surface area (Å²) in [4.78, 5) is 4.63. The van der Waals surface area contributed by atoms with Crippen LogP contribution in [0.4, 0.5) is 0 Å². The lowest BCUT2D eigenvalue weighted by molar-refractivity contribution is 0.0701. The topological polar surface area (TPSA) is 27.1 Å². The van der Waals surface area contributed by atoms with Gasteiger partial charge in [0.15, 0.2) is 0 Å². The van der Waals surface area contributed by atoms with Crippen molar-refractivity contribution in [3.63, 3.8) is 0 Å². The Morgan fingerprint density at radius 2 is 2.12 bits per heavy atom. The van der Waals surface area contributed by atoms with E-state index in [0.717, 1.165) is 41.9 Å². The van der Waals surface area contributed by atoms with Gasteiger partial charge in [-0.25, -0.2) is 4.98 Å². The fourth-order valence-corrected chi connectivity index (χ4v) is 2.94. The maximum atomic E-state index is 5.43. The van der Waals surface area contributed by atoms with Crippen molar-refractivity contribution in [3.05, 3.63) is 28.5 Å². The maximum Gasteiger partial charge on any atom is 0.106 e. The van der Waals surface area contributed by atoms with Crippen molar-refractivity contribution in [2.24, 2.45) is 0 Å². The van der Waals surface area contributed by atoms with Crippen LogP contribution in [0.15, 0.2) is 22.7 Å². The van der Waals surface area contributed by atoms with Crippen LogP contribution in [0.2, 0.25) is 0 Å². The highest BCUT2D eigenvalue weighted by Crippen LogP contribution is 2.29. The first-order valence-corrected chi connectivity index (χ1v) is 6.77. The monoisotopic (exact) mass is 294 g/mol. The van der Waals surface area contributed by atoms with Crippen LogP contribution >= 0.6 is 15.9 Å². The number of aromatic nitrogens is 2. The second-order valence-corrected chi connectivity index (χ2v) is 5.42. The highest BCUT2D eigenvalue weighted by Gasteiger charge is 2.19. The van der Waals surface area contributed by atoms with Crippen LogP contribution in [0, 0.1) is 6.92 Å². The summed E-state index contributed by atoms with van der Waals surface area (Å²) in [5, 5.41) is 0. The van der Waals surface area contributed by atoms with Gasteiger partial charge < -0.3 is 9.30 Å². The molecule has 4 heteroatoms. The minimum Gasteiger partial charge on any atom is -0.381 e. The lowest BCUT2D eigenvalue weighted by Gasteiger charge is -2.25. The molecule has 0 spiro atoms. The van der Waals surface area contributed by atoms with Gasteiger partial charge >= 0.3 is 0 Å². The molecule has 0 aliphatic carbocycles. The third kappa shape index (κ3) is 2.00. The zero-order chi connectivity index (χ0) is 11.8. The van der Waals surface area contributed by atoms with E-state index in [2.05, 4.69) is 44.5 Å². The summed E-state index contributed by atoms with van der Waals surface area (Å²) in [5.74, 6) is 1.10. The summed E-state index contributed by atoms with van der Waals surface area (Å²) in [6.45, 7) is 3.80. The van der Waals surface area contributed by atoms with E-state index in [1.54, 1.807) is 0 Å². The molecular weight excluding hydrogens is 280 g/mol. The van der Waals surface area contributed by atoms with Crippen molar-refractivity contribution in [1.82, 2.24) is 9.55 Å². The molecule has 1 aliphatic rings. The molecule has 1 saturated heterocycles. The number of fused-ring (bicyclic) bond motifs is 1. The third-order valence-electron chi connectivity index (χ3n) is 3.38. The fraction of sp³-hybridized carbons (Fsp3) is 0.462. The molecule has 0 amide bonds. The van der Waals surface area contributed by atoms with Crippen molar-refractivity contribution in [1.29, 1.82) is 0 Å². The minimum absolute atomic E-state index is 0.531. The fourth-order valence-electron chi connectivity index (χ4n) is 2.59. The molecule has 0 unspecified atom stereocenters. The molecule has 1 aromatic heterocycles. The highest BCUT2D eigenvalue weighted by molar-refractivity contribution is 9.10. The van der Waals surface area contributed by atoms with Crippen LogP contribution in [0.5, 0.6) is 0 Å². The normalized spacial score (nSPS) is 17.8. The average Bonchev–Trinajstić information content (AvgIpc) is 2.65. The second-order valence-electron chi connectivity index (χ2n) is 4.51. The summed E-state index contributed by atoms with van der Waals surface area (Å²) in [6, 6.07) is 6.80. The van der Waals surface area contributed by atoms with Crippen molar-refractivity contribution in [3.8, 4) is 0 Å². The molecule has 0 saturated carbocycles. The van der Waals surface area contributed by atoms with E-state index in [0.29, 0.717) is 6.04 Å². The molecule has 0 bridgehead atoms. The van der Waals surface area contributed by atoms with Crippen LogP contribution in [0.1, 0.15) is 24.7 Å². The predicted octanol–water partition coefficient (Wildman–Crippen LogP) is 3.46. The van der Waals surface area contributed by atoms with Crippen LogP contribution in [0.3, 0.4) is 0 Å². The van der Waals surface area contributed by atoms with Crippen molar-refractivity contribution in [2.75, 3.05) is 13.2 Å². The molecule has 2 aromatic rings. The molecule has 0 atom stereocenters. The Bertz CT molecular complexity index is 544. The van der Waals surface area contributed by atoms with Gasteiger partial charge in [-0.2, -0.15) is 0 Å². The standard InChI is InChI=1S/C13H15BrN2O/c1-9-15-12-3-2-10(14)8-13(12)16(9)11-4-6-17-7-5-11/h2-3,8,11H,4-7H2,1H3. The summed E-state index contributed by atoms with van der Waals surface area (Å²) >= 11 is 3.53. The number of imidazole rings is 1. The summed E-state index contributed by atoms with van der Waals surface area (Å²) in [7, 11) is 0. The van der Waals surface area contributed by atoms with E-state index in [9.17, 15) is 0 Å². The number of aryl methyl sites for hydroxylation is 1. The summed E-state index contributed by atoms with van der Waals surface area (Å²) in [6.07, 6.45) is 2.16. The van der Waals surface area contributed by atoms with Crippen LogP contribution in [-0.2, 0) is 4.74 Å². The molecule has 1 aromatic carbocycles. The minimum atomic E-state index is 0.531. The van der Waals surface area contributed by atoms with Gasteiger partial charge in [0.05, 0.1) is 11.0 Å². The molecule has 0 radical (unpaired) electrons. The van der Waals surface area contributed by atoms with E-state index < -0.39 is 0 Å². The first-order chi connectivity index (χ1) is 8.25. The van der Waals surface area contributed by atoms with Gasteiger partial charge in [0.25, 0.3) is 0 Å². The van der Waals surface area contributed by atoms with E-state index in [1.807, 2.05) is 6.07 Å². The Balaban J connectivity index is 2.13. The van der Waals surface area contributed by atoms with Crippen LogP contribution < -0.4 is 0 Å². The SMILES string of the molecule is Cc1nc2ccc(Br)cc2n1C1CCOCC1. The Kier molecular flexibility index (Phi) is 2.92. The van der Waals surface area contributed by atoms with Gasteiger partial charge in [0.1, 0.15) is 5.82 Å². The average molecular weight is 295 g/mol. The molecule has 2 heterocycles. The second kappa shape index (κ2) is 4.42. The molecule has 3 rings (SSSR count). The van der Waals surface area contributed by atoms with E-state index >= 15 is 0 Å². The zero-order valence-electron chi connectivity index (χ0n) is 9.82. The number of nitrogens with zero attached hydrogens (tertiary/aromatic N) is 2. The largest absolute Gasteiger partial charge is 0.381 e. The Labute approximate surface area is 109 Å². The van der Waals surface area contributed by atoms with Crippen molar-refractivity contribution in [2.45, 2.75) is 25.8 Å². The first kappa shape index (κ1) is 11.2. The number of hydrogen-bond acceptors (Lipinski definition) is 2. The third-order valence-corrected chi connectivity index (χ3v) is 3.88. The van der Waals surface area contributed by atoms with Gasteiger partial charge in [-0.05, 0) is 38.0 Å². The van der Waals surface area contributed by atoms with Gasteiger partial charge in [0.2, 0.25) is 0 Å². The van der Waals surface area contributed by atoms with Crippen LogP contribution in [-0.4, -0.2) is 22.8 Å².